The summed E-state index contributed by atoms with van der Waals surface area (Å²) in [5, 5.41) is 56.8. The van der Waals surface area contributed by atoms with Crippen molar-refractivity contribution in [2.24, 2.45) is 5.92 Å². The minimum atomic E-state index is -5.73. The predicted octanol–water partition coefficient (Wildman–Crippen LogP) is 6.33. The van der Waals surface area contributed by atoms with Gasteiger partial charge in [-0.25, -0.2) is 13.9 Å². The molecule has 1 saturated heterocycles. The van der Waals surface area contributed by atoms with Crippen molar-refractivity contribution in [1.29, 1.82) is 0 Å². The number of carbonyl (C=O) groups is 2. The molecule has 22 nitrogen and oxygen atoms in total. The molecule has 0 saturated carbocycles. The van der Waals surface area contributed by atoms with Gasteiger partial charge in [-0.3, -0.25) is 23.2 Å². The van der Waals surface area contributed by atoms with E-state index in [1.165, 1.54) is 69.6 Å². The van der Waals surface area contributed by atoms with Gasteiger partial charge < -0.3 is 60.0 Å². The molecule has 414 valence electrons. The summed E-state index contributed by atoms with van der Waals surface area (Å²) in [6.45, 7) is 1.44. The third-order valence-electron chi connectivity index (χ3n) is 12.3. The van der Waals surface area contributed by atoms with E-state index < -0.39 is 121 Å². The van der Waals surface area contributed by atoms with Crippen molar-refractivity contribution in [3.8, 4) is 0 Å². The first-order valence-corrected chi connectivity index (χ1v) is 28.7. The summed E-state index contributed by atoms with van der Waals surface area (Å²) in [4.78, 5) is 64.1. The Kier molecular flexibility index (Phi) is 30.5. The number of allylic oxidation sites excluding steroid dienone is 2. The molecule has 1 fully saturated rings. The van der Waals surface area contributed by atoms with Crippen LogP contribution in [0.15, 0.2) is 41.4 Å². The molecule has 72 heavy (non-hydrogen) atoms. The van der Waals surface area contributed by atoms with Crippen LogP contribution in [0.2, 0.25) is 0 Å². The predicted molar refractivity (Wildman–Crippen MR) is 265 cm³/mol. The fourth-order valence-corrected chi connectivity index (χ4v) is 10.3. The Hall–Kier alpha value is -2.92. The molecule has 3 heterocycles. The van der Waals surface area contributed by atoms with Gasteiger partial charge in [0.25, 0.3) is 0 Å². The normalized spacial score (nSPS) is 30.3. The van der Waals surface area contributed by atoms with Gasteiger partial charge in [0.05, 0.1) is 25.4 Å². The number of phosphoric ester groups is 2. The highest BCUT2D eigenvalue weighted by molar-refractivity contribution is 7.61. The second-order valence-electron chi connectivity index (χ2n) is 18.6. The van der Waals surface area contributed by atoms with Crippen molar-refractivity contribution in [1.82, 2.24) is 9.55 Å². The van der Waals surface area contributed by atoms with Gasteiger partial charge in [0.1, 0.15) is 43.1 Å². The zero-order valence-corrected chi connectivity index (χ0v) is 43.8. The van der Waals surface area contributed by atoms with Crippen molar-refractivity contribution in [2.45, 2.75) is 217 Å². The van der Waals surface area contributed by atoms with E-state index in [9.17, 15) is 58.8 Å². The number of fused-ring (bicyclic) bond motifs is 3. The highest BCUT2D eigenvalue weighted by atomic mass is 31.3. The van der Waals surface area contributed by atoms with E-state index in [-0.39, 0.29) is 37.9 Å². The van der Waals surface area contributed by atoms with Gasteiger partial charge in [-0.2, -0.15) is 9.29 Å². The number of aliphatic hydroxyl groups excluding tert-OH is 5. The van der Waals surface area contributed by atoms with E-state index in [0.717, 1.165) is 49.3 Å². The van der Waals surface area contributed by atoms with Crippen LogP contribution in [0.3, 0.4) is 0 Å². The topological polar surface area (TPSA) is 335 Å². The highest BCUT2D eigenvalue weighted by Gasteiger charge is 2.44. The van der Waals surface area contributed by atoms with Crippen LogP contribution in [0.25, 0.3) is 0 Å². The molecule has 2 bridgehead atoms. The number of aliphatic hydroxyl groups is 5. The van der Waals surface area contributed by atoms with Crippen molar-refractivity contribution >= 4 is 33.4 Å². The Morgan fingerprint density at radius 1 is 0.861 bits per heavy atom. The maximum Gasteiger partial charge on any atom is 0.481 e. The number of carbonyl (C=O) groups excluding carboxylic acids is 2. The minimum Gasteiger partial charge on any atom is -0.462 e. The number of cyclic esters (lactones) is 1. The summed E-state index contributed by atoms with van der Waals surface area (Å²) >= 11 is 0. The molecule has 0 radical (unpaired) electrons. The van der Waals surface area contributed by atoms with Crippen LogP contribution in [0, 0.1) is 5.92 Å². The summed E-state index contributed by atoms with van der Waals surface area (Å²) in [5.41, 5.74) is 4.75. The molecule has 3 unspecified atom stereocenters. The number of ether oxygens (including phenoxy) is 4. The number of anilines is 1. The summed E-state index contributed by atoms with van der Waals surface area (Å²) < 4.78 is 64.6. The molecule has 1 aromatic rings. The smallest absolute Gasteiger partial charge is 0.462 e. The largest absolute Gasteiger partial charge is 0.481 e. The number of nitrogen functional groups attached to an aromatic ring is 1. The number of unbranched alkanes of at least 4 members (excludes halogenated alkanes) is 14. The number of aromatic nitrogens is 2. The van der Waals surface area contributed by atoms with Crippen LogP contribution < -0.4 is 11.4 Å². The quantitative estimate of drug-likeness (QED) is 0.0257. The van der Waals surface area contributed by atoms with Crippen molar-refractivity contribution in [2.75, 3.05) is 25.6 Å². The average molecular weight is 1070 g/mol. The fourth-order valence-electron chi connectivity index (χ4n) is 8.23. The molecule has 24 heteroatoms. The van der Waals surface area contributed by atoms with Gasteiger partial charge in [0.15, 0.2) is 12.4 Å². The summed E-state index contributed by atoms with van der Waals surface area (Å²) in [6, 6.07) is 1.23. The van der Waals surface area contributed by atoms with Crippen molar-refractivity contribution < 1.29 is 86.3 Å². The van der Waals surface area contributed by atoms with Gasteiger partial charge in [0, 0.05) is 31.4 Å². The zero-order valence-electron chi connectivity index (χ0n) is 42.0. The number of rotatable bonds is 23. The second kappa shape index (κ2) is 34.6. The lowest BCUT2D eigenvalue weighted by molar-refractivity contribution is -0.192. The van der Waals surface area contributed by atoms with Crippen molar-refractivity contribution in [3.63, 3.8) is 0 Å². The van der Waals surface area contributed by atoms with Crippen LogP contribution in [0.5, 0.6) is 0 Å². The number of esters is 2. The van der Waals surface area contributed by atoms with Crippen LogP contribution >= 0.6 is 15.6 Å². The number of nitrogens with zero attached hydrogens (tertiary/aromatic N) is 2. The lowest BCUT2D eigenvalue weighted by Crippen LogP contribution is -2.49. The fraction of sp³-hybridized carbons (Fsp3) is 0.792. The number of nitrogens with two attached hydrogens (primary N) is 1. The summed E-state index contributed by atoms with van der Waals surface area (Å²) in [5.74, 6) is -2.84. The first kappa shape index (κ1) is 63.4. The van der Waals surface area contributed by atoms with Gasteiger partial charge in [-0.15, -0.1) is 0 Å². The molecule has 0 aliphatic carbocycles. The highest BCUT2D eigenvalue weighted by Crippen LogP contribution is 2.60. The molecule has 0 amide bonds. The molecule has 0 aromatic carbocycles. The second-order valence-corrected chi connectivity index (χ2v) is 21.6. The first-order valence-electron chi connectivity index (χ1n) is 25.7. The zero-order chi connectivity index (χ0) is 52.9. The molecular formula is C48H83N3O19P2. The van der Waals surface area contributed by atoms with Gasteiger partial charge in [-0.1, -0.05) is 134 Å². The molecule has 0 spiro atoms. The monoisotopic (exact) mass is 1070 g/mol. The van der Waals surface area contributed by atoms with Crippen LogP contribution in [-0.4, -0.2) is 126 Å². The van der Waals surface area contributed by atoms with Gasteiger partial charge in [-0.05, 0) is 38.2 Å². The van der Waals surface area contributed by atoms with E-state index in [1.54, 1.807) is 12.2 Å². The molecule has 3 rings (SSSR count). The molecule has 12 atom stereocenters. The Morgan fingerprint density at radius 2 is 1.47 bits per heavy atom. The third-order valence-corrected chi connectivity index (χ3v) is 14.9. The summed E-state index contributed by atoms with van der Waals surface area (Å²) in [7, 11) is -11.3. The lowest BCUT2D eigenvalue weighted by atomic mass is 9.92. The molecular weight excluding hydrogens is 984 g/mol. The maximum atomic E-state index is 13.4. The molecule has 9 N–H and O–H groups in total. The number of hydrogen-bond donors (Lipinski definition) is 8. The maximum absolute atomic E-state index is 13.4. The first-order chi connectivity index (χ1) is 34.3. The minimum absolute atomic E-state index is 0.0775. The SMILES string of the molecule is CCCCCCCCCCCCCCCC(=O)OC[C@@H]1COP(=O)(O)OP(=O)(O)OC[C@H]2O[C@@H](n3ccc(N)nc3=O)[C@@H](CC=CCCCC(=O)O1)[C@@H](O)CC(O)O[C@H](/C=C/[C@@H](O)CCCCC)[C@H](O)[C@@H]2O. The molecule has 1 aromatic heterocycles. The van der Waals surface area contributed by atoms with E-state index in [2.05, 4.69) is 16.2 Å². The number of phosphoric acid groups is 2. The van der Waals surface area contributed by atoms with Crippen LogP contribution in [-0.2, 0) is 51.0 Å². The Balaban J connectivity index is 1.83. The Morgan fingerprint density at radius 3 is 2.11 bits per heavy atom. The third kappa shape index (κ3) is 25.5. The van der Waals surface area contributed by atoms with Gasteiger partial charge in [0.2, 0.25) is 0 Å². The van der Waals surface area contributed by atoms with E-state index in [4.69, 9.17) is 33.7 Å². The van der Waals surface area contributed by atoms with E-state index in [0.29, 0.717) is 19.3 Å². The molecule has 2 aliphatic rings. The van der Waals surface area contributed by atoms with Gasteiger partial charge >= 0.3 is 33.3 Å². The summed E-state index contributed by atoms with van der Waals surface area (Å²) in [6.07, 6.45) is 8.33. The average Bonchev–Trinajstić information content (AvgIpc) is 3.32. The van der Waals surface area contributed by atoms with Crippen molar-refractivity contribution in [3.05, 3.63) is 47.1 Å². The van der Waals surface area contributed by atoms with Crippen LogP contribution in [0.1, 0.15) is 168 Å². The molecule has 2 aliphatic heterocycles. The van der Waals surface area contributed by atoms with Crippen LogP contribution in [0.4, 0.5) is 5.82 Å². The Bertz CT molecular complexity index is 1920. The lowest BCUT2D eigenvalue weighted by Gasteiger charge is -2.36. The van der Waals surface area contributed by atoms with E-state index in [1.807, 2.05) is 6.92 Å². The standard InChI is InChI=1S/C48H83N3O19P2/c1-3-5-7-8-9-10-11-12-13-14-15-16-21-25-42(54)64-32-36-33-65-71(60,61)70-72(62,63)66-34-40-46(58)45(57)39(28-27-35(52)23-19-6-4-2)68-44(56)31-38(53)37(24-20-17-18-22-26-43(55)67-36)47(69-40)51-30-29-41(49)50-48(51)59/h17,20,27-30,35-40,44-47,52-53,56-58H,3-16,18-19,21-26,31-34H2,1-2H3,(H,60,61)(H,62,63)(H2,49,50,59)/b20-17?,28-27+/t35-,36+,37-,38-,39+,40+,44?,45-,46+,47+/m0/s1. The Labute approximate surface area is 423 Å². The van der Waals surface area contributed by atoms with E-state index >= 15 is 0 Å². The number of hydrogen-bond acceptors (Lipinski definition) is 19.